The molecule has 4 rings (SSSR count). The largest absolute Gasteiger partial charge is 0.495 e. The number of benzene rings is 2. The van der Waals surface area contributed by atoms with Crippen molar-refractivity contribution in [2.75, 3.05) is 38.7 Å². The van der Waals surface area contributed by atoms with Crippen molar-refractivity contribution >= 4 is 21.6 Å². The van der Waals surface area contributed by atoms with Crippen molar-refractivity contribution in [2.45, 2.75) is 42.4 Å². The molecule has 0 spiro atoms. The summed E-state index contributed by atoms with van der Waals surface area (Å²) >= 11 is 0. The SMILES string of the molecule is COc1ccc(NC(=O)C2(c3ccccc3)CCOCC2)cc1S(=O)(=O)N1CCCCC1. The van der Waals surface area contributed by atoms with Gasteiger partial charge in [0, 0.05) is 32.0 Å². The quantitative estimate of drug-likeness (QED) is 0.716. The summed E-state index contributed by atoms with van der Waals surface area (Å²) in [6, 6.07) is 14.5. The number of carbonyl (C=O) groups excluding carboxylic acids is 1. The van der Waals surface area contributed by atoms with E-state index >= 15 is 0 Å². The normalized spacial score (nSPS) is 19.3. The highest BCUT2D eigenvalue weighted by Crippen LogP contribution is 2.37. The average Bonchev–Trinajstić information content (AvgIpc) is 2.85. The third-order valence-corrected chi connectivity index (χ3v) is 8.38. The number of carbonyl (C=O) groups is 1. The summed E-state index contributed by atoms with van der Waals surface area (Å²) in [5.41, 5.74) is 0.661. The van der Waals surface area contributed by atoms with Gasteiger partial charge in [-0.1, -0.05) is 36.8 Å². The minimum absolute atomic E-state index is 0.0837. The Labute approximate surface area is 189 Å². The zero-order valence-corrected chi connectivity index (χ0v) is 19.2. The van der Waals surface area contributed by atoms with Gasteiger partial charge in [-0.05, 0) is 49.4 Å². The number of methoxy groups -OCH3 is 1. The predicted molar refractivity (Wildman–Crippen MR) is 122 cm³/mol. The van der Waals surface area contributed by atoms with E-state index in [0.717, 1.165) is 24.8 Å². The minimum Gasteiger partial charge on any atom is -0.495 e. The fourth-order valence-electron chi connectivity index (χ4n) is 4.57. The molecule has 0 aliphatic carbocycles. The highest BCUT2D eigenvalue weighted by atomic mass is 32.2. The van der Waals surface area contributed by atoms with Crippen LogP contribution in [0.25, 0.3) is 0 Å². The van der Waals surface area contributed by atoms with E-state index in [1.165, 1.54) is 17.5 Å². The molecule has 7 nitrogen and oxygen atoms in total. The van der Waals surface area contributed by atoms with Crippen LogP contribution in [-0.4, -0.2) is 52.0 Å². The highest BCUT2D eigenvalue weighted by molar-refractivity contribution is 7.89. The van der Waals surface area contributed by atoms with Crippen LogP contribution in [0.3, 0.4) is 0 Å². The number of rotatable bonds is 6. The molecule has 0 saturated carbocycles. The molecule has 0 radical (unpaired) electrons. The van der Waals surface area contributed by atoms with Crippen LogP contribution >= 0.6 is 0 Å². The van der Waals surface area contributed by atoms with Crippen molar-refractivity contribution in [3.8, 4) is 5.75 Å². The Kier molecular flexibility index (Phi) is 6.83. The molecule has 2 saturated heterocycles. The summed E-state index contributed by atoms with van der Waals surface area (Å²) in [4.78, 5) is 13.6. The number of ether oxygens (including phenoxy) is 2. The Morgan fingerprint density at radius 3 is 2.38 bits per heavy atom. The monoisotopic (exact) mass is 458 g/mol. The first-order valence-corrected chi connectivity index (χ1v) is 12.5. The van der Waals surface area contributed by atoms with E-state index in [0.29, 0.717) is 44.8 Å². The Bertz CT molecular complexity index is 1040. The van der Waals surface area contributed by atoms with Gasteiger partial charge in [-0.15, -0.1) is 0 Å². The molecule has 8 heteroatoms. The number of sulfonamides is 1. The lowest BCUT2D eigenvalue weighted by Crippen LogP contribution is -2.44. The van der Waals surface area contributed by atoms with E-state index < -0.39 is 15.4 Å². The maximum atomic E-state index is 13.5. The zero-order chi connectivity index (χ0) is 22.6. The summed E-state index contributed by atoms with van der Waals surface area (Å²) in [6.45, 7) is 2.00. The summed E-state index contributed by atoms with van der Waals surface area (Å²) in [5, 5.41) is 2.98. The minimum atomic E-state index is -3.72. The third-order valence-electron chi connectivity index (χ3n) is 6.46. The average molecular weight is 459 g/mol. The predicted octanol–water partition coefficient (Wildman–Crippen LogP) is 3.56. The first kappa shape index (κ1) is 22.8. The lowest BCUT2D eigenvalue weighted by atomic mass is 9.73. The number of piperidine rings is 1. The Morgan fingerprint density at radius 1 is 1.03 bits per heavy atom. The van der Waals surface area contributed by atoms with E-state index in [2.05, 4.69) is 5.32 Å². The van der Waals surface area contributed by atoms with Crippen LogP contribution in [0.5, 0.6) is 5.75 Å². The summed E-state index contributed by atoms with van der Waals surface area (Å²) in [6.07, 6.45) is 3.86. The van der Waals surface area contributed by atoms with Crippen molar-refractivity contribution < 1.29 is 22.7 Å². The first-order chi connectivity index (χ1) is 15.5. The van der Waals surface area contributed by atoms with Crippen LogP contribution in [0.4, 0.5) is 5.69 Å². The second-order valence-corrected chi connectivity index (χ2v) is 10.3. The van der Waals surface area contributed by atoms with Crippen LogP contribution in [0.15, 0.2) is 53.4 Å². The van der Waals surface area contributed by atoms with Crippen LogP contribution in [0.2, 0.25) is 0 Å². The number of hydrogen-bond donors (Lipinski definition) is 1. The molecule has 2 aromatic carbocycles. The van der Waals surface area contributed by atoms with Gasteiger partial charge in [0.05, 0.1) is 12.5 Å². The Morgan fingerprint density at radius 2 is 1.72 bits per heavy atom. The molecule has 32 heavy (non-hydrogen) atoms. The van der Waals surface area contributed by atoms with Crippen molar-refractivity contribution in [1.82, 2.24) is 4.31 Å². The zero-order valence-electron chi connectivity index (χ0n) is 18.4. The Balaban J connectivity index is 1.65. The number of nitrogens with zero attached hydrogens (tertiary/aromatic N) is 1. The molecule has 172 valence electrons. The van der Waals surface area contributed by atoms with Gasteiger partial charge < -0.3 is 14.8 Å². The van der Waals surface area contributed by atoms with E-state index in [1.54, 1.807) is 12.1 Å². The van der Waals surface area contributed by atoms with Gasteiger partial charge in [0.1, 0.15) is 10.6 Å². The van der Waals surface area contributed by atoms with Gasteiger partial charge in [-0.25, -0.2) is 8.42 Å². The van der Waals surface area contributed by atoms with E-state index in [4.69, 9.17) is 9.47 Å². The highest BCUT2D eigenvalue weighted by Gasteiger charge is 2.42. The smallest absolute Gasteiger partial charge is 0.246 e. The molecule has 0 unspecified atom stereocenters. The van der Waals surface area contributed by atoms with E-state index in [9.17, 15) is 13.2 Å². The van der Waals surface area contributed by atoms with E-state index in [1.807, 2.05) is 30.3 Å². The topological polar surface area (TPSA) is 84.9 Å². The summed E-state index contributed by atoms with van der Waals surface area (Å²) in [5.74, 6) is 0.121. The molecule has 1 amide bonds. The van der Waals surface area contributed by atoms with Crippen LogP contribution < -0.4 is 10.1 Å². The Hall–Kier alpha value is -2.42. The number of nitrogens with one attached hydrogen (secondary N) is 1. The maximum absolute atomic E-state index is 13.5. The summed E-state index contributed by atoms with van der Waals surface area (Å²) < 4.78 is 39.0. The van der Waals surface area contributed by atoms with Crippen molar-refractivity contribution in [3.63, 3.8) is 0 Å². The molecule has 1 N–H and O–H groups in total. The van der Waals surface area contributed by atoms with Gasteiger partial charge >= 0.3 is 0 Å². The van der Waals surface area contributed by atoms with Crippen molar-refractivity contribution in [3.05, 3.63) is 54.1 Å². The fraction of sp³-hybridized carbons (Fsp3) is 0.458. The lowest BCUT2D eigenvalue weighted by Gasteiger charge is -2.36. The molecule has 0 atom stereocenters. The second-order valence-electron chi connectivity index (χ2n) is 8.35. The molecule has 2 aliphatic heterocycles. The van der Waals surface area contributed by atoms with Crippen LogP contribution in [0, 0.1) is 0 Å². The number of hydrogen-bond acceptors (Lipinski definition) is 5. The van der Waals surface area contributed by atoms with Gasteiger partial charge in [-0.3, -0.25) is 4.79 Å². The molecule has 0 bridgehead atoms. The van der Waals surface area contributed by atoms with Gasteiger partial charge in [0.15, 0.2) is 0 Å². The third kappa shape index (κ3) is 4.40. The van der Waals surface area contributed by atoms with Crippen molar-refractivity contribution in [1.29, 1.82) is 0 Å². The molecular weight excluding hydrogens is 428 g/mol. The van der Waals surface area contributed by atoms with Gasteiger partial charge in [0.2, 0.25) is 15.9 Å². The van der Waals surface area contributed by atoms with Gasteiger partial charge in [-0.2, -0.15) is 4.31 Å². The number of anilines is 1. The molecule has 2 fully saturated rings. The van der Waals surface area contributed by atoms with Gasteiger partial charge in [0.25, 0.3) is 0 Å². The first-order valence-electron chi connectivity index (χ1n) is 11.1. The molecule has 2 aromatic rings. The van der Waals surface area contributed by atoms with Crippen LogP contribution in [0.1, 0.15) is 37.7 Å². The van der Waals surface area contributed by atoms with E-state index in [-0.39, 0.29) is 16.6 Å². The lowest BCUT2D eigenvalue weighted by molar-refractivity contribution is -0.125. The fourth-order valence-corrected chi connectivity index (χ4v) is 6.27. The summed E-state index contributed by atoms with van der Waals surface area (Å²) in [7, 11) is -2.26. The number of amides is 1. The molecule has 0 aromatic heterocycles. The molecule has 2 heterocycles. The standard InChI is InChI=1S/C24H30N2O5S/c1-30-21-11-10-20(18-22(21)32(28,29)26-14-6-3-7-15-26)25-23(27)24(12-16-31-17-13-24)19-8-4-2-5-9-19/h2,4-5,8-11,18H,3,6-7,12-17H2,1H3,(H,25,27). The molecular formula is C24H30N2O5S. The maximum Gasteiger partial charge on any atom is 0.246 e. The molecule has 2 aliphatic rings. The van der Waals surface area contributed by atoms with Crippen LogP contribution in [-0.2, 0) is 25.0 Å². The second kappa shape index (κ2) is 9.60. The van der Waals surface area contributed by atoms with Crippen molar-refractivity contribution in [2.24, 2.45) is 0 Å².